The van der Waals surface area contributed by atoms with E-state index in [1.807, 2.05) is 24.3 Å². The SMILES string of the molecule is O=C(Nc1nc2ccc(Cl)cc2s1)C1CC(c2ccccc2O)NN1. The molecule has 1 aliphatic rings. The molecule has 2 unspecified atom stereocenters. The van der Waals surface area contributed by atoms with Crippen LogP contribution in [0.4, 0.5) is 5.13 Å². The van der Waals surface area contributed by atoms with E-state index >= 15 is 0 Å². The summed E-state index contributed by atoms with van der Waals surface area (Å²) in [5.74, 6) is 0.0430. The number of phenols is 1. The first-order chi connectivity index (χ1) is 12.1. The summed E-state index contributed by atoms with van der Waals surface area (Å²) in [6.07, 6.45) is 0.528. The Bertz CT molecular complexity index is 945. The van der Waals surface area contributed by atoms with Gasteiger partial charge < -0.3 is 10.4 Å². The lowest BCUT2D eigenvalue weighted by Crippen LogP contribution is -2.39. The van der Waals surface area contributed by atoms with Crippen molar-refractivity contribution in [2.75, 3.05) is 5.32 Å². The Hall–Kier alpha value is -2.19. The molecular formula is C17H15ClN4O2S. The van der Waals surface area contributed by atoms with E-state index in [9.17, 15) is 9.90 Å². The van der Waals surface area contributed by atoms with Gasteiger partial charge in [0.25, 0.3) is 0 Å². The van der Waals surface area contributed by atoms with Gasteiger partial charge in [-0.1, -0.05) is 41.1 Å². The number of nitrogens with one attached hydrogen (secondary N) is 3. The first kappa shape index (κ1) is 16.3. The van der Waals surface area contributed by atoms with Gasteiger partial charge in [0.15, 0.2) is 5.13 Å². The van der Waals surface area contributed by atoms with Crippen LogP contribution in [-0.4, -0.2) is 22.0 Å². The zero-order valence-corrected chi connectivity index (χ0v) is 14.6. The Morgan fingerprint density at radius 3 is 2.96 bits per heavy atom. The number of thiazole rings is 1. The minimum absolute atomic E-state index is 0.133. The Morgan fingerprint density at radius 2 is 2.12 bits per heavy atom. The van der Waals surface area contributed by atoms with Crippen molar-refractivity contribution in [3.63, 3.8) is 0 Å². The predicted octanol–water partition coefficient (Wildman–Crippen LogP) is 3.20. The van der Waals surface area contributed by atoms with Gasteiger partial charge in [0.1, 0.15) is 11.8 Å². The van der Waals surface area contributed by atoms with Crippen molar-refractivity contribution in [1.29, 1.82) is 0 Å². The molecule has 0 spiro atoms. The smallest absolute Gasteiger partial charge is 0.244 e. The molecule has 1 fully saturated rings. The average molecular weight is 375 g/mol. The second-order valence-electron chi connectivity index (χ2n) is 5.81. The third kappa shape index (κ3) is 3.32. The summed E-state index contributed by atoms with van der Waals surface area (Å²) in [7, 11) is 0. The fourth-order valence-corrected chi connectivity index (χ4v) is 4.00. The number of fused-ring (bicyclic) bond motifs is 1. The molecule has 1 amide bonds. The summed E-state index contributed by atoms with van der Waals surface area (Å²) in [4.78, 5) is 16.9. The molecule has 4 rings (SSSR count). The van der Waals surface area contributed by atoms with Crippen LogP contribution in [0.15, 0.2) is 42.5 Å². The Morgan fingerprint density at radius 1 is 1.28 bits per heavy atom. The van der Waals surface area contributed by atoms with Crippen LogP contribution >= 0.6 is 22.9 Å². The third-order valence-corrected chi connectivity index (χ3v) is 5.28. The van der Waals surface area contributed by atoms with Crippen LogP contribution < -0.4 is 16.2 Å². The Labute approximate surface area is 152 Å². The van der Waals surface area contributed by atoms with Gasteiger partial charge in [-0.3, -0.25) is 4.79 Å². The lowest BCUT2D eigenvalue weighted by Gasteiger charge is -2.11. The molecule has 2 atom stereocenters. The number of phenolic OH excluding ortho intramolecular Hbond substituents is 1. The highest BCUT2D eigenvalue weighted by Gasteiger charge is 2.31. The number of hydrazine groups is 1. The van der Waals surface area contributed by atoms with E-state index < -0.39 is 6.04 Å². The number of halogens is 1. The number of benzene rings is 2. The van der Waals surface area contributed by atoms with Crippen molar-refractivity contribution in [2.45, 2.75) is 18.5 Å². The lowest BCUT2D eigenvalue weighted by molar-refractivity contribution is -0.117. The van der Waals surface area contributed by atoms with Crippen LogP contribution in [0.1, 0.15) is 18.0 Å². The van der Waals surface area contributed by atoms with Crippen LogP contribution in [0, 0.1) is 0 Å². The summed E-state index contributed by atoms with van der Waals surface area (Å²) >= 11 is 7.36. The highest BCUT2D eigenvalue weighted by atomic mass is 35.5. The molecular weight excluding hydrogens is 360 g/mol. The molecule has 1 aliphatic heterocycles. The number of anilines is 1. The number of aromatic nitrogens is 1. The van der Waals surface area contributed by atoms with E-state index in [0.29, 0.717) is 16.6 Å². The van der Waals surface area contributed by atoms with Gasteiger partial charge >= 0.3 is 0 Å². The maximum absolute atomic E-state index is 12.5. The molecule has 128 valence electrons. The van der Waals surface area contributed by atoms with Crippen molar-refractivity contribution in [3.05, 3.63) is 53.1 Å². The van der Waals surface area contributed by atoms with Crippen molar-refractivity contribution in [3.8, 4) is 5.75 Å². The van der Waals surface area contributed by atoms with Gasteiger partial charge in [-0.15, -0.1) is 0 Å². The number of aromatic hydroxyl groups is 1. The maximum atomic E-state index is 12.5. The van der Waals surface area contributed by atoms with Gasteiger partial charge in [-0.05, 0) is 30.7 Å². The highest BCUT2D eigenvalue weighted by Crippen LogP contribution is 2.31. The first-order valence-electron chi connectivity index (χ1n) is 7.76. The molecule has 8 heteroatoms. The van der Waals surface area contributed by atoms with E-state index in [1.165, 1.54) is 11.3 Å². The molecule has 1 saturated heterocycles. The number of amides is 1. The number of para-hydroxylation sites is 1. The Balaban J connectivity index is 1.45. The van der Waals surface area contributed by atoms with E-state index in [4.69, 9.17) is 11.6 Å². The molecule has 4 N–H and O–H groups in total. The molecule has 3 aromatic rings. The lowest BCUT2D eigenvalue weighted by atomic mass is 10.0. The van der Waals surface area contributed by atoms with E-state index in [0.717, 1.165) is 15.8 Å². The molecule has 1 aromatic heterocycles. The maximum Gasteiger partial charge on any atom is 0.244 e. The fraction of sp³-hybridized carbons (Fsp3) is 0.176. The molecule has 2 aromatic carbocycles. The largest absolute Gasteiger partial charge is 0.508 e. The summed E-state index contributed by atoms with van der Waals surface area (Å²) in [6.45, 7) is 0. The van der Waals surface area contributed by atoms with Gasteiger partial charge in [0.2, 0.25) is 5.91 Å². The Kier molecular flexibility index (Phi) is 4.30. The normalized spacial score (nSPS) is 20.0. The van der Waals surface area contributed by atoms with E-state index in [1.54, 1.807) is 18.2 Å². The quantitative estimate of drug-likeness (QED) is 0.565. The zero-order chi connectivity index (χ0) is 17.4. The molecule has 0 aliphatic carbocycles. The zero-order valence-electron chi connectivity index (χ0n) is 13.0. The third-order valence-electron chi connectivity index (χ3n) is 4.11. The van der Waals surface area contributed by atoms with Gasteiger partial charge in [-0.25, -0.2) is 15.8 Å². The van der Waals surface area contributed by atoms with Crippen LogP contribution in [-0.2, 0) is 4.79 Å². The van der Waals surface area contributed by atoms with Crippen LogP contribution in [0.25, 0.3) is 10.2 Å². The van der Waals surface area contributed by atoms with E-state index in [2.05, 4.69) is 21.2 Å². The van der Waals surface area contributed by atoms with Crippen LogP contribution in [0.5, 0.6) is 5.75 Å². The van der Waals surface area contributed by atoms with E-state index in [-0.39, 0.29) is 17.7 Å². The molecule has 25 heavy (non-hydrogen) atoms. The van der Waals surface area contributed by atoms with Gasteiger partial charge in [-0.2, -0.15) is 0 Å². The van der Waals surface area contributed by atoms with Crippen LogP contribution in [0.2, 0.25) is 5.02 Å². The molecule has 0 bridgehead atoms. The summed E-state index contributed by atoms with van der Waals surface area (Å²) in [6, 6.07) is 12.0. The summed E-state index contributed by atoms with van der Waals surface area (Å²) < 4.78 is 0.924. The molecule has 2 heterocycles. The topological polar surface area (TPSA) is 86.3 Å². The van der Waals surface area contributed by atoms with Crippen molar-refractivity contribution in [2.24, 2.45) is 0 Å². The van der Waals surface area contributed by atoms with Gasteiger partial charge in [0.05, 0.1) is 16.3 Å². The standard InChI is InChI=1S/C17H15ClN4O2S/c18-9-5-6-11-15(7-9)25-17(19-11)20-16(24)13-8-12(21-22-13)10-3-1-2-4-14(10)23/h1-7,12-13,21-23H,8H2,(H,19,20,24). The van der Waals surface area contributed by atoms with Crippen LogP contribution in [0.3, 0.4) is 0 Å². The van der Waals surface area contributed by atoms with Crippen molar-refractivity contribution >= 4 is 44.2 Å². The first-order valence-corrected chi connectivity index (χ1v) is 8.95. The number of hydrogen-bond donors (Lipinski definition) is 4. The number of hydrogen-bond acceptors (Lipinski definition) is 6. The average Bonchev–Trinajstić information content (AvgIpc) is 3.21. The number of carbonyl (C=O) groups is 1. The van der Waals surface area contributed by atoms with Gasteiger partial charge in [0, 0.05) is 10.6 Å². The van der Waals surface area contributed by atoms with Crippen molar-refractivity contribution < 1.29 is 9.90 Å². The molecule has 0 saturated carbocycles. The number of carbonyl (C=O) groups excluding carboxylic acids is 1. The second kappa shape index (κ2) is 6.61. The molecule has 0 radical (unpaired) electrons. The minimum atomic E-state index is -0.416. The monoisotopic (exact) mass is 374 g/mol. The summed E-state index contributed by atoms with van der Waals surface area (Å²) in [5.41, 5.74) is 7.60. The predicted molar refractivity (Wildman–Crippen MR) is 98.8 cm³/mol. The minimum Gasteiger partial charge on any atom is -0.508 e. The number of rotatable bonds is 3. The number of nitrogens with zero attached hydrogens (tertiary/aromatic N) is 1. The highest BCUT2D eigenvalue weighted by molar-refractivity contribution is 7.22. The fourth-order valence-electron chi connectivity index (χ4n) is 2.86. The molecule has 6 nitrogen and oxygen atoms in total. The second-order valence-corrected chi connectivity index (χ2v) is 7.28. The van der Waals surface area contributed by atoms with Crippen molar-refractivity contribution in [1.82, 2.24) is 15.8 Å². The summed E-state index contributed by atoms with van der Waals surface area (Å²) in [5, 5.41) is 14.0.